The molecule has 6 nitrogen and oxygen atoms in total. The Kier molecular flexibility index (Phi) is 13.8. The van der Waals surface area contributed by atoms with Gasteiger partial charge in [0.15, 0.2) is 5.69 Å². The Morgan fingerprint density at radius 1 is 0.400 bits per heavy atom. The van der Waals surface area contributed by atoms with Crippen LogP contribution in [-0.4, -0.2) is 9.55 Å². The van der Waals surface area contributed by atoms with Gasteiger partial charge in [0.1, 0.15) is 23.0 Å². The van der Waals surface area contributed by atoms with Gasteiger partial charge in [-0.05, 0) is 112 Å². The molecular weight excluding hydrogens is 1100 g/mol. The summed E-state index contributed by atoms with van der Waals surface area (Å²) in [6.45, 7) is 6.95. The SMILES string of the molecule is N#Cc1cccc(-c2ccc(-n3c4c(c5cccc(-c6ccccc6)c53)-c3ccccc3Oc3ccccc3-4)cc2)c1.[C-]#[N+]c1cccc(-c2ccc(Br)cc2)c1.c1ccc(-c2cccc3c4c([nH]c23)-c2ccccc2Oc2ccccc2-4)cc1. The van der Waals surface area contributed by atoms with Crippen LogP contribution in [0.5, 0.6) is 23.0 Å². The van der Waals surface area contributed by atoms with Gasteiger partial charge in [-0.2, -0.15) is 5.26 Å². The zero-order chi connectivity index (χ0) is 57.2. The average Bonchev–Trinajstić information content (AvgIpc) is 1.80. The lowest BCUT2D eigenvalue weighted by Gasteiger charge is -2.16. The molecule has 0 amide bonds. The van der Waals surface area contributed by atoms with Gasteiger partial charge in [-0.25, -0.2) is 4.85 Å². The maximum absolute atomic E-state index is 9.42. The van der Waals surface area contributed by atoms with E-state index in [2.05, 4.69) is 212 Å². The van der Waals surface area contributed by atoms with Gasteiger partial charge in [0.25, 0.3) is 0 Å². The zero-order valence-electron chi connectivity index (χ0n) is 45.7. The molecule has 4 heterocycles. The second kappa shape index (κ2) is 22.6. The fourth-order valence-corrected chi connectivity index (χ4v) is 12.0. The molecule has 2 aliphatic rings. The largest absolute Gasteiger partial charge is 0.456 e. The highest BCUT2D eigenvalue weighted by Gasteiger charge is 2.30. The molecule has 0 fully saturated rings. The third-order valence-electron chi connectivity index (χ3n) is 15.6. The number of H-pyrrole nitrogens is 1. The van der Waals surface area contributed by atoms with Crippen molar-refractivity contribution in [3.63, 3.8) is 0 Å². The minimum atomic E-state index is 0.654. The molecule has 2 aromatic heterocycles. The van der Waals surface area contributed by atoms with Gasteiger partial charge in [0.05, 0.1) is 40.6 Å². The number of nitriles is 1. The number of fused-ring (bicyclic) bond motifs is 14. The van der Waals surface area contributed by atoms with E-state index in [1.54, 1.807) is 0 Å². The van der Waals surface area contributed by atoms with Crippen molar-refractivity contribution in [3.8, 4) is 124 Å². The molecule has 85 heavy (non-hydrogen) atoms. The van der Waals surface area contributed by atoms with E-state index in [0.29, 0.717) is 11.3 Å². The fourth-order valence-electron chi connectivity index (χ4n) is 11.8. The molecule has 12 aromatic carbocycles. The van der Waals surface area contributed by atoms with Gasteiger partial charge < -0.3 is 19.0 Å². The van der Waals surface area contributed by atoms with Gasteiger partial charge >= 0.3 is 0 Å². The lowest BCUT2D eigenvalue weighted by atomic mass is 9.96. The van der Waals surface area contributed by atoms with Crippen LogP contribution in [0.2, 0.25) is 0 Å². The Balaban J connectivity index is 0.000000127. The zero-order valence-corrected chi connectivity index (χ0v) is 47.3. The number of hydrogen-bond donors (Lipinski definition) is 1. The van der Waals surface area contributed by atoms with Gasteiger partial charge in [-0.15, -0.1) is 0 Å². The second-order valence-corrected chi connectivity index (χ2v) is 21.6. The Bertz CT molecular complexity index is 4910. The van der Waals surface area contributed by atoms with Crippen LogP contribution >= 0.6 is 15.9 Å². The summed E-state index contributed by atoms with van der Waals surface area (Å²) in [5, 5.41) is 11.8. The summed E-state index contributed by atoms with van der Waals surface area (Å²) >= 11 is 3.40. The summed E-state index contributed by atoms with van der Waals surface area (Å²) in [6.07, 6.45) is 0. The monoisotopic (exact) mass is 1150 g/mol. The smallest absolute Gasteiger partial charge is 0.187 e. The predicted molar refractivity (Wildman–Crippen MR) is 350 cm³/mol. The number of hydrogen-bond acceptors (Lipinski definition) is 3. The minimum Gasteiger partial charge on any atom is -0.456 e. The molecule has 1 N–H and O–H groups in total. The second-order valence-electron chi connectivity index (χ2n) is 20.7. The maximum Gasteiger partial charge on any atom is 0.187 e. The first-order valence-corrected chi connectivity index (χ1v) is 28.8. The molecule has 0 radical (unpaired) electrons. The van der Waals surface area contributed by atoms with Crippen molar-refractivity contribution < 1.29 is 9.47 Å². The summed E-state index contributed by atoms with van der Waals surface area (Å²) in [7, 11) is 0. The van der Waals surface area contributed by atoms with Crippen molar-refractivity contribution in [1.82, 2.24) is 9.55 Å². The topological polar surface area (TPSA) is 67.3 Å². The first kappa shape index (κ1) is 51.9. The third kappa shape index (κ3) is 9.81. The molecule has 0 aliphatic carbocycles. The number of nitrogens with one attached hydrogen (secondary N) is 1. The molecule has 14 aromatic rings. The molecular formula is C78H49BrN4O2. The molecule has 0 saturated heterocycles. The summed E-state index contributed by atoms with van der Waals surface area (Å²) in [5.74, 6) is 3.45. The quantitative estimate of drug-likeness (QED) is 0.175. The molecule has 0 atom stereocenters. The van der Waals surface area contributed by atoms with Crippen molar-refractivity contribution >= 4 is 43.4 Å². The highest BCUT2D eigenvalue weighted by Crippen LogP contribution is 2.54. The fraction of sp³-hybridized carbons (Fsp3) is 0. The Morgan fingerprint density at radius 2 is 0.871 bits per heavy atom. The standard InChI is InChI=1S/C39H24N2O.C26H17NO.C13H8BrN/c40-25-26-10-8-13-29(24-26)27-20-22-30(23-21-27)41-38-31(28-11-2-1-3-12-28)16-9-17-34(38)37-32-14-4-6-18-35(32)42-36-19-7-5-15-33(36)39(37)41;1-2-9-17(10-3-1)18-13-8-14-21-24-19-11-4-6-15-22(19)28-23-16-7-5-12-20(23)26(24)27-25(18)21;1-15-13-4-2-3-11(9-13)10-5-7-12(14)8-6-10/h1-24H;1-16,27H;2-9H. The van der Waals surface area contributed by atoms with Gasteiger partial charge in [0.2, 0.25) is 0 Å². The summed E-state index contributed by atoms with van der Waals surface area (Å²) in [6, 6.07) is 102. The number of rotatable bonds is 5. The summed E-state index contributed by atoms with van der Waals surface area (Å²) in [5.41, 5.74) is 22.6. The van der Waals surface area contributed by atoms with E-state index in [9.17, 15) is 5.26 Å². The third-order valence-corrected chi connectivity index (χ3v) is 16.2. The van der Waals surface area contributed by atoms with E-state index in [0.717, 1.165) is 106 Å². The Morgan fingerprint density at radius 3 is 1.51 bits per heavy atom. The molecule has 0 unspecified atom stereocenters. The van der Waals surface area contributed by atoms with Crippen LogP contribution in [0.3, 0.4) is 0 Å². The number of halogens is 1. The lowest BCUT2D eigenvalue weighted by Crippen LogP contribution is -1.99. The van der Waals surface area contributed by atoms with E-state index < -0.39 is 0 Å². The summed E-state index contributed by atoms with van der Waals surface area (Å²) in [4.78, 5) is 7.16. The first-order chi connectivity index (χ1) is 42.0. The van der Waals surface area contributed by atoms with Crippen LogP contribution < -0.4 is 9.47 Å². The normalized spacial score (nSPS) is 11.3. The molecule has 0 spiro atoms. The highest BCUT2D eigenvalue weighted by atomic mass is 79.9. The predicted octanol–water partition coefficient (Wildman–Crippen LogP) is 22.2. The number of benzene rings is 12. The number of nitrogens with zero attached hydrogens (tertiary/aromatic N) is 3. The van der Waals surface area contributed by atoms with Crippen molar-refractivity contribution in [2.75, 3.05) is 0 Å². The number of aromatic amines is 1. The van der Waals surface area contributed by atoms with E-state index in [-0.39, 0.29) is 0 Å². The van der Waals surface area contributed by atoms with Crippen LogP contribution in [0.15, 0.2) is 296 Å². The Hall–Kier alpha value is -11.2. The van der Waals surface area contributed by atoms with Crippen LogP contribution in [0.4, 0.5) is 5.69 Å². The number of ether oxygens (including phenoxy) is 2. The Labute approximate surface area is 501 Å². The van der Waals surface area contributed by atoms with E-state index >= 15 is 0 Å². The molecule has 0 saturated carbocycles. The van der Waals surface area contributed by atoms with E-state index in [1.165, 1.54) is 38.6 Å². The lowest BCUT2D eigenvalue weighted by molar-refractivity contribution is 0.487. The van der Waals surface area contributed by atoms with Gasteiger partial charge in [-0.1, -0.05) is 228 Å². The molecule has 0 bridgehead atoms. The van der Waals surface area contributed by atoms with E-state index in [1.807, 2.05) is 115 Å². The first-order valence-electron chi connectivity index (χ1n) is 28.0. The van der Waals surface area contributed by atoms with Crippen molar-refractivity contribution in [1.29, 1.82) is 5.26 Å². The van der Waals surface area contributed by atoms with Crippen LogP contribution in [0.1, 0.15) is 5.56 Å². The van der Waals surface area contributed by atoms with Crippen LogP contribution in [-0.2, 0) is 0 Å². The highest BCUT2D eigenvalue weighted by molar-refractivity contribution is 9.10. The number of aromatic nitrogens is 2. The van der Waals surface area contributed by atoms with Crippen LogP contribution in [0, 0.1) is 17.9 Å². The van der Waals surface area contributed by atoms with E-state index in [4.69, 9.17) is 16.0 Å². The van der Waals surface area contributed by atoms with Crippen molar-refractivity contribution in [2.45, 2.75) is 0 Å². The summed E-state index contributed by atoms with van der Waals surface area (Å²) < 4.78 is 16.3. The molecule has 400 valence electrons. The molecule has 2 aliphatic heterocycles. The van der Waals surface area contributed by atoms with Crippen molar-refractivity contribution in [2.24, 2.45) is 0 Å². The molecule has 16 rings (SSSR count). The van der Waals surface area contributed by atoms with Crippen molar-refractivity contribution in [3.05, 3.63) is 313 Å². The average molecular weight is 1150 g/mol. The van der Waals surface area contributed by atoms with Gasteiger partial charge in [0, 0.05) is 65.4 Å². The van der Waals surface area contributed by atoms with Gasteiger partial charge in [-0.3, -0.25) is 0 Å². The maximum atomic E-state index is 9.42. The van der Waals surface area contributed by atoms with Crippen LogP contribution in [0.25, 0.3) is 122 Å². The minimum absolute atomic E-state index is 0.654. The molecule has 7 heteroatoms. The number of para-hydroxylation sites is 6.